The third-order valence-electron chi connectivity index (χ3n) is 5.02. The maximum absolute atomic E-state index is 15.2. The van der Waals surface area contributed by atoms with Crippen LogP contribution in [0.3, 0.4) is 0 Å². The highest BCUT2D eigenvalue weighted by Gasteiger charge is 2.40. The molecule has 1 aromatic carbocycles. The molecule has 1 atom stereocenters. The van der Waals surface area contributed by atoms with Crippen molar-refractivity contribution in [3.63, 3.8) is 0 Å². The second-order valence-electron chi connectivity index (χ2n) is 6.62. The first-order valence-electron chi connectivity index (χ1n) is 8.58. The fourth-order valence-corrected chi connectivity index (χ4v) is 3.77. The molecule has 1 fully saturated rings. The molecule has 1 N–H and O–H groups in total. The monoisotopic (exact) mass is 405 g/mol. The summed E-state index contributed by atoms with van der Waals surface area (Å²) in [6, 6.07) is 3.25. The van der Waals surface area contributed by atoms with Gasteiger partial charge in [0, 0.05) is 34.9 Å². The average molecular weight is 406 g/mol. The van der Waals surface area contributed by atoms with Crippen LogP contribution >= 0.6 is 11.6 Å². The summed E-state index contributed by atoms with van der Waals surface area (Å²) < 4.78 is 29.7. The van der Waals surface area contributed by atoms with Gasteiger partial charge in [0.05, 0.1) is 12.4 Å². The second-order valence-corrected chi connectivity index (χ2v) is 6.89. The van der Waals surface area contributed by atoms with Crippen LogP contribution in [-0.2, 0) is 22.0 Å². The molecule has 1 saturated heterocycles. The molecule has 0 aliphatic carbocycles. The molecule has 3 amide bonds. The van der Waals surface area contributed by atoms with Crippen LogP contribution in [0.4, 0.5) is 8.78 Å². The van der Waals surface area contributed by atoms with Crippen LogP contribution in [0.1, 0.15) is 34.3 Å². The van der Waals surface area contributed by atoms with E-state index in [2.05, 4.69) is 10.3 Å². The number of aromatic nitrogens is 1. The van der Waals surface area contributed by atoms with Gasteiger partial charge in [0.25, 0.3) is 5.91 Å². The minimum Gasteiger partial charge on any atom is -0.322 e. The van der Waals surface area contributed by atoms with Crippen LogP contribution in [0.15, 0.2) is 24.4 Å². The zero-order valence-corrected chi connectivity index (χ0v) is 15.2. The SMILES string of the molecule is O=C1CCC(N2Cc3c(ccc(-c4nccc(CCl)c4F)c3F)C2=O)C(=O)N1. The van der Waals surface area contributed by atoms with E-state index in [1.165, 1.54) is 29.3 Å². The minimum atomic E-state index is -0.852. The number of carbonyl (C=O) groups is 3. The van der Waals surface area contributed by atoms with Gasteiger partial charge in [-0.1, -0.05) is 0 Å². The summed E-state index contributed by atoms with van der Waals surface area (Å²) in [5.74, 6) is -3.06. The number of halogens is 3. The van der Waals surface area contributed by atoms with Crippen molar-refractivity contribution in [3.8, 4) is 11.3 Å². The number of carbonyl (C=O) groups excluding carboxylic acids is 3. The molecule has 2 aliphatic rings. The van der Waals surface area contributed by atoms with Gasteiger partial charge < -0.3 is 4.90 Å². The van der Waals surface area contributed by atoms with Crippen molar-refractivity contribution < 1.29 is 23.2 Å². The number of hydrogen-bond donors (Lipinski definition) is 1. The molecule has 1 unspecified atom stereocenters. The van der Waals surface area contributed by atoms with Gasteiger partial charge in [-0.3, -0.25) is 24.7 Å². The number of nitrogens with zero attached hydrogens (tertiary/aromatic N) is 2. The fourth-order valence-electron chi connectivity index (χ4n) is 3.56. The maximum Gasteiger partial charge on any atom is 0.255 e. The predicted octanol–water partition coefficient (Wildman–Crippen LogP) is 2.53. The molecule has 28 heavy (non-hydrogen) atoms. The van der Waals surface area contributed by atoms with Crippen LogP contribution < -0.4 is 5.32 Å². The zero-order chi connectivity index (χ0) is 20.0. The Balaban J connectivity index is 1.72. The average Bonchev–Trinajstić information content (AvgIpc) is 3.00. The molecule has 6 nitrogen and oxygen atoms in total. The first-order chi connectivity index (χ1) is 13.4. The highest BCUT2D eigenvalue weighted by molar-refractivity contribution is 6.17. The number of amides is 3. The largest absolute Gasteiger partial charge is 0.322 e. The third-order valence-corrected chi connectivity index (χ3v) is 5.31. The Kier molecular flexibility index (Phi) is 4.58. The molecular weight excluding hydrogens is 392 g/mol. The number of benzene rings is 1. The second kappa shape index (κ2) is 6.94. The summed E-state index contributed by atoms with van der Waals surface area (Å²) >= 11 is 5.70. The van der Waals surface area contributed by atoms with Crippen LogP contribution in [0, 0.1) is 11.6 Å². The quantitative estimate of drug-likeness (QED) is 0.628. The molecule has 144 valence electrons. The van der Waals surface area contributed by atoms with E-state index in [4.69, 9.17) is 11.6 Å². The number of imide groups is 1. The first-order valence-corrected chi connectivity index (χ1v) is 9.11. The highest BCUT2D eigenvalue weighted by Crippen LogP contribution is 2.35. The first kappa shape index (κ1) is 18.5. The zero-order valence-electron chi connectivity index (χ0n) is 14.5. The van der Waals surface area contributed by atoms with Gasteiger partial charge in [-0.2, -0.15) is 0 Å². The van der Waals surface area contributed by atoms with Crippen LogP contribution in [0.5, 0.6) is 0 Å². The van der Waals surface area contributed by atoms with E-state index in [0.717, 1.165) is 0 Å². The van der Waals surface area contributed by atoms with Crippen LogP contribution in [-0.4, -0.2) is 33.6 Å². The number of piperidine rings is 1. The van der Waals surface area contributed by atoms with Gasteiger partial charge in [-0.25, -0.2) is 8.78 Å². The molecule has 2 aliphatic heterocycles. The van der Waals surface area contributed by atoms with Gasteiger partial charge in [-0.05, 0) is 24.6 Å². The van der Waals surface area contributed by atoms with E-state index in [9.17, 15) is 18.8 Å². The summed E-state index contributed by atoms with van der Waals surface area (Å²) in [4.78, 5) is 41.2. The molecular formula is C19H14ClF2N3O3. The van der Waals surface area contributed by atoms with Crippen LogP contribution in [0.2, 0.25) is 0 Å². The summed E-state index contributed by atoms with van der Waals surface area (Å²) in [7, 11) is 0. The predicted molar refractivity (Wildman–Crippen MR) is 95.2 cm³/mol. The van der Waals surface area contributed by atoms with Crippen molar-refractivity contribution in [2.24, 2.45) is 0 Å². The van der Waals surface area contributed by atoms with Crippen molar-refractivity contribution >= 4 is 29.3 Å². The van der Waals surface area contributed by atoms with E-state index in [1.807, 2.05) is 0 Å². The summed E-state index contributed by atoms with van der Waals surface area (Å²) in [5, 5.41) is 2.19. The highest BCUT2D eigenvalue weighted by atomic mass is 35.5. The van der Waals surface area contributed by atoms with E-state index in [1.54, 1.807) is 0 Å². The smallest absolute Gasteiger partial charge is 0.255 e. The molecule has 0 spiro atoms. The molecule has 9 heteroatoms. The standard InChI is InChI=1S/C19H14ClF2N3O3/c20-7-9-5-6-23-17(15(9)21)11-2-1-10-12(16(11)22)8-25(19(10)28)13-3-4-14(26)24-18(13)27/h1-2,5-6,13H,3-4,7-8H2,(H,24,26,27). The lowest BCUT2D eigenvalue weighted by atomic mass is 10.0. The number of nitrogens with one attached hydrogen (secondary N) is 1. The lowest BCUT2D eigenvalue weighted by Crippen LogP contribution is -2.52. The molecule has 2 aromatic rings. The molecule has 3 heterocycles. The van der Waals surface area contributed by atoms with Gasteiger partial charge in [0.15, 0.2) is 5.82 Å². The molecule has 0 saturated carbocycles. The van der Waals surface area contributed by atoms with Crippen molar-refractivity contribution in [1.29, 1.82) is 0 Å². The molecule has 0 bridgehead atoms. The number of hydrogen-bond acceptors (Lipinski definition) is 4. The fraction of sp³-hybridized carbons (Fsp3) is 0.263. The molecule has 0 radical (unpaired) electrons. The maximum atomic E-state index is 15.2. The van der Waals surface area contributed by atoms with Crippen molar-refractivity contribution in [1.82, 2.24) is 15.2 Å². The Hall–Kier alpha value is -2.87. The Morgan fingerprint density at radius 1 is 1.14 bits per heavy atom. The number of pyridine rings is 1. The Morgan fingerprint density at radius 2 is 1.89 bits per heavy atom. The summed E-state index contributed by atoms with van der Waals surface area (Å²) in [6.45, 7) is -0.142. The van der Waals surface area contributed by atoms with E-state index in [0.29, 0.717) is 0 Å². The number of alkyl halides is 1. The lowest BCUT2D eigenvalue weighted by Gasteiger charge is -2.29. The van der Waals surface area contributed by atoms with E-state index in [-0.39, 0.29) is 53.2 Å². The number of rotatable bonds is 3. The van der Waals surface area contributed by atoms with Crippen molar-refractivity contribution in [2.75, 3.05) is 0 Å². The van der Waals surface area contributed by atoms with Gasteiger partial charge >= 0.3 is 0 Å². The van der Waals surface area contributed by atoms with Gasteiger partial charge in [0.2, 0.25) is 11.8 Å². The topological polar surface area (TPSA) is 79.4 Å². The normalized spacial score (nSPS) is 19.0. The van der Waals surface area contributed by atoms with E-state index >= 15 is 4.39 Å². The van der Waals surface area contributed by atoms with Crippen molar-refractivity contribution in [2.45, 2.75) is 31.3 Å². The lowest BCUT2D eigenvalue weighted by molar-refractivity contribution is -0.136. The minimum absolute atomic E-state index is 0.0738. The third kappa shape index (κ3) is 2.84. The Labute approximate surface area is 163 Å². The van der Waals surface area contributed by atoms with Crippen LogP contribution in [0.25, 0.3) is 11.3 Å². The van der Waals surface area contributed by atoms with Gasteiger partial charge in [-0.15, -0.1) is 11.6 Å². The summed E-state index contributed by atoms with van der Waals surface area (Å²) in [5.41, 5.74) is 0.101. The van der Waals surface area contributed by atoms with E-state index < -0.39 is 35.4 Å². The molecule has 1 aromatic heterocycles. The summed E-state index contributed by atoms with van der Waals surface area (Å²) in [6.07, 6.45) is 1.61. The molecule has 4 rings (SSSR count). The van der Waals surface area contributed by atoms with Crippen molar-refractivity contribution in [3.05, 3.63) is 52.7 Å². The van der Waals surface area contributed by atoms with Gasteiger partial charge in [0.1, 0.15) is 17.6 Å². The Morgan fingerprint density at radius 3 is 2.61 bits per heavy atom. The number of fused-ring (bicyclic) bond motifs is 1. The Bertz CT molecular complexity index is 1030.